The molecule has 0 aromatic heterocycles. The molecule has 0 aliphatic carbocycles. The summed E-state index contributed by atoms with van der Waals surface area (Å²) in [5.74, 6) is 0.691. The van der Waals surface area contributed by atoms with E-state index >= 15 is 0 Å². The summed E-state index contributed by atoms with van der Waals surface area (Å²) in [5.41, 5.74) is 7.81. The number of nitrogen functional groups attached to an aromatic ring is 1. The second kappa shape index (κ2) is 5.75. The minimum absolute atomic E-state index is 0.222. The third kappa shape index (κ3) is 3.28. The molecule has 3 heteroatoms. The molecule has 0 bridgehead atoms. The van der Waals surface area contributed by atoms with E-state index in [1.807, 2.05) is 19.1 Å². The fourth-order valence-corrected chi connectivity index (χ4v) is 1.21. The number of nitrogens with two attached hydrogens (primary N) is 1. The number of hydrogen-bond acceptors (Lipinski definition) is 3. The number of carbonyl (C=O) groups excluding carboxylic acids is 1. The van der Waals surface area contributed by atoms with Gasteiger partial charge in [0.05, 0.1) is 0 Å². The zero-order valence-corrected chi connectivity index (χ0v) is 9.27. The summed E-state index contributed by atoms with van der Waals surface area (Å²) in [6.45, 7) is 5.67. The fraction of sp³-hybridized carbons (Fsp3) is 0.154. The standard InChI is InChI=1S/C13H15NO2/c1-3-4-11(8-15)9-16-13-7-12(14)6-5-10(13)2/h3-8H,1,9,14H2,2H3/b11-4+. The molecular formula is C13H15NO2. The Morgan fingerprint density at radius 3 is 2.94 bits per heavy atom. The van der Waals surface area contributed by atoms with Crippen LogP contribution in [0, 0.1) is 6.92 Å². The van der Waals surface area contributed by atoms with E-state index in [4.69, 9.17) is 10.5 Å². The van der Waals surface area contributed by atoms with E-state index in [1.54, 1.807) is 18.2 Å². The SMILES string of the molecule is C=C/C=C(\C=O)COc1cc(N)ccc1C. The van der Waals surface area contributed by atoms with Crippen LogP contribution in [-0.2, 0) is 4.79 Å². The number of hydrogen-bond donors (Lipinski definition) is 1. The van der Waals surface area contributed by atoms with Gasteiger partial charge in [0.1, 0.15) is 18.6 Å². The van der Waals surface area contributed by atoms with Crippen molar-refractivity contribution in [1.82, 2.24) is 0 Å². The largest absolute Gasteiger partial charge is 0.488 e. The summed E-state index contributed by atoms with van der Waals surface area (Å²) in [6, 6.07) is 5.43. The van der Waals surface area contributed by atoms with Crippen molar-refractivity contribution in [1.29, 1.82) is 0 Å². The predicted octanol–water partition coefficient (Wildman–Crippen LogP) is 2.27. The molecule has 0 heterocycles. The monoisotopic (exact) mass is 217 g/mol. The molecule has 84 valence electrons. The topological polar surface area (TPSA) is 52.3 Å². The van der Waals surface area contributed by atoms with Crippen LogP contribution in [0.15, 0.2) is 42.5 Å². The van der Waals surface area contributed by atoms with Gasteiger partial charge in [-0.15, -0.1) is 0 Å². The average molecular weight is 217 g/mol. The summed E-state index contributed by atoms with van der Waals surface area (Å²) >= 11 is 0. The van der Waals surface area contributed by atoms with Crippen LogP contribution in [0.3, 0.4) is 0 Å². The highest BCUT2D eigenvalue weighted by atomic mass is 16.5. The van der Waals surface area contributed by atoms with Gasteiger partial charge < -0.3 is 10.5 Å². The lowest BCUT2D eigenvalue weighted by Gasteiger charge is -2.09. The van der Waals surface area contributed by atoms with Gasteiger partial charge in [-0.2, -0.15) is 0 Å². The number of aryl methyl sites for hydroxylation is 1. The first-order valence-electron chi connectivity index (χ1n) is 4.93. The second-order valence-electron chi connectivity index (χ2n) is 3.41. The zero-order valence-electron chi connectivity index (χ0n) is 9.27. The Labute approximate surface area is 95.2 Å². The Hall–Kier alpha value is -2.03. The van der Waals surface area contributed by atoms with Gasteiger partial charge in [-0.3, -0.25) is 4.79 Å². The highest BCUT2D eigenvalue weighted by Crippen LogP contribution is 2.21. The van der Waals surface area contributed by atoms with Crippen LogP contribution in [-0.4, -0.2) is 12.9 Å². The first kappa shape index (κ1) is 12.0. The van der Waals surface area contributed by atoms with Crippen LogP contribution in [0.5, 0.6) is 5.75 Å². The van der Waals surface area contributed by atoms with Crippen LogP contribution in [0.25, 0.3) is 0 Å². The van der Waals surface area contributed by atoms with Gasteiger partial charge in [0.2, 0.25) is 0 Å². The number of ether oxygens (including phenoxy) is 1. The van der Waals surface area contributed by atoms with E-state index in [9.17, 15) is 4.79 Å². The van der Waals surface area contributed by atoms with E-state index in [0.29, 0.717) is 17.0 Å². The highest BCUT2D eigenvalue weighted by Gasteiger charge is 2.01. The van der Waals surface area contributed by atoms with Crippen molar-refractivity contribution in [3.8, 4) is 5.75 Å². The third-order valence-electron chi connectivity index (χ3n) is 2.09. The molecular weight excluding hydrogens is 202 g/mol. The molecule has 0 aliphatic rings. The molecule has 0 saturated heterocycles. The van der Waals surface area contributed by atoms with Crippen molar-refractivity contribution in [2.45, 2.75) is 6.92 Å². The minimum Gasteiger partial charge on any atom is -0.488 e. The number of rotatable bonds is 5. The maximum Gasteiger partial charge on any atom is 0.149 e. The average Bonchev–Trinajstić information content (AvgIpc) is 2.28. The smallest absolute Gasteiger partial charge is 0.149 e. The molecule has 0 amide bonds. The molecule has 0 unspecified atom stereocenters. The molecule has 1 aromatic carbocycles. The summed E-state index contributed by atoms with van der Waals surface area (Å²) in [5, 5.41) is 0. The Morgan fingerprint density at radius 1 is 1.56 bits per heavy atom. The molecule has 1 aromatic rings. The number of benzene rings is 1. The van der Waals surface area contributed by atoms with Crippen LogP contribution in [0.2, 0.25) is 0 Å². The molecule has 1 rings (SSSR count). The van der Waals surface area contributed by atoms with Crippen molar-refractivity contribution in [3.63, 3.8) is 0 Å². The van der Waals surface area contributed by atoms with Gasteiger partial charge in [-0.1, -0.05) is 24.8 Å². The van der Waals surface area contributed by atoms with Crippen molar-refractivity contribution in [3.05, 3.63) is 48.1 Å². The van der Waals surface area contributed by atoms with Crippen molar-refractivity contribution >= 4 is 12.0 Å². The van der Waals surface area contributed by atoms with E-state index in [1.165, 1.54) is 0 Å². The minimum atomic E-state index is 0.222. The summed E-state index contributed by atoms with van der Waals surface area (Å²) in [6.07, 6.45) is 3.93. The predicted molar refractivity (Wildman–Crippen MR) is 65.4 cm³/mol. The molecule has 0 fully saturated rings. The summed E-state index contributed by atoms with van der Waals surface area (Å²) in [4.78, 5) is 10.6. The summed E-state index contributed by atoms with van der Waals surface area (Å²) in [7, 11) is 0. The van der Waals surface area contributed by atoms with E-state index in [-0.39, 0.29) is 6.61 Å². The normalized spacial score (nSPS) is 10.9. The van der Waals surface area contributed by atoms with Crippen molar-refractivity contribution < 1.29 is 9.53 Å². The lowest BCUT2D eigenvalue weighted by atomic mass is 10.2. The maximum absolute atomic E-state index is 10.6. The third-order valence-corrected chi connectivity index (χ3v) is 2.09. The van der Waals surface area contributed by atoms with Gasteiger partial charge in [0.15, 0.2) is 0 Å². The van der Waals surface area contributed by atoms with Gasteiger partial charge in [-0.25, -0.2) is 0 Å². The molecule has 0 spiro atoms. The van der Waals surface area contributed by atoms with Gasteiger partial charge in [0.25, 0.3) is 0 Å². The number of aldehydes is 1. The van der Waals surface area contributed by atoms with Gasteiger partial charge in [0, 0.05) is 17.3 Å². The molecule has 0 aliphatic heterocycles. The quantitative estimate of drug-likeness (QED) is 0.356. The molecule has 2 N–H and O–H groups in total. The van der Waals surface area contributed by atoms with Gasteiger partial charge in [-0.05, 0) is 18.6 Å². The lowest BCUT2D eigenvalue weighted by molar-refractivity contribution is -0.105. The molecule has 0 saturated carbocycles. The first-order valence-corrected chi connectivity index (χ1v) is 4.93. The molecule has 16 heavy (non-hydrogen) atoms. The molecule has 0 atom stereocenters. The Bertz CT molecular complexity index is 422. The Kier molecular flexibility index (Phi) is 4.33. The van der Waals surface area contributed by atoms with Gasteiger partial charge >= 0.3 is 0 Å². The number of anilines is 1. The van der Waals surface area contributed by atoms with Crippen LogP contribution >= 0.6 is 0 Å². The second-order valence-corrected chi connectivity index (χ2v) is 3.41. The summed E-state index contributed by atoms with van der Waals surface area (Å²) < 4.78 is 5.50. The van der Waals surface area contributed by atoms with Crippen molar-refractivity contribution in [2.75, 3.05) is 12.3 Å². The van der Waals surface area contributed by atoms with E-state index in [0.717, 1.165) is 11.8 Å². The zero-order chi connectivity index (χ0) is 12.0. The fourth-order valence-electron chi connectivity index (χ4n) is 1.21. The Morgan fingerprint density at radius 2 is 2.31 bits per heavy atom. The van der Waals surface area contributed by atoms with Crippen LogP contribution in [0.4, 0.5) is 5.69 Å². The maximum atomic E-state index is 10.6. The lowest BCUT2D eigenvalue weighted by Crippen LogP contribution is -2.03. The van der Waals surface area contributed by atoms with Crippen molar-refractivity contribution in [2.24, 2.45) is 0 Å². The molecule has 0 radical (unpaired) electrons. The van der Waals surface area contributed by atoms with E-state index < -0.39 is 0 Å². The highest BCUT2D eigenvalue weighted by molar-refractivity contribution is 5.74. The first-order chi connectivity index (χ1) is 7.67. The number of allylic oxidation sites excluding steroid dienone is 2. The van der Waals surface area contributed by atoms with Crippen LogP contribution in [0.1, 0.15) is 5.56 Å². The Balaban J connectivity index is 2.73. The van der Waals surface area contributed by atoms with Crippen LogP contribution < -0.4 is 10.5 Å². The molecule has 3 nitrogen and oxygen atoms in total. The number of carbonyl (C=O) groups is 1. The van der Waals surface area contributed by atoms with E-state index in [2.05, 4.69) is 6.58 Å².